The van der Waals surface area contributed by atoms with Crippen molar-refractivity contribution in [1.29, 1.82) is 0 Å². The second-order valence-electron chi connectivity index (χ2n) is 10.1. The molecule has 3 aromatic rings. The normalized spacial score (nSPS) is 20.5. The first-order valence-corrected chi connectivity index (χ1v) is 14.0. The van der Waals surface area contributed by atoms with Crippen LogP contribution in [0.1, 0.15) is 13.8 Å². The summed E-state index contributed by atoms with van der Waals surface area (Å²) in [4.78, 5) is 38.0. The third-order valence-electron chi connectivity index (χ3n) is 7.50. The van der Waals surface area contributed by atoms with Crippen LogP contribution in [0.25, 0.3) is 28.5 Å². The van der Waals surface area contributed by atoms with E-state index < -0.39 is 35.2 Å². The Hall–Kier alpha value is -4.13. The number of ether oxygens (including phenoxy) is 2. The number of halogens is 3. The zero-order chi connectivity index (χ0) is 31.0. The minimum atomic E-state index is -1.32. The number of anilines is 1. The number of rotatable bonds is 5. The molecule has 0 aliphatic carbocycles. The predicted molar refractivity (Wildman–Crippen MR) is 159 cm³/mol. The number of hydrogen-bond acceptors (Lipinski definition) is 8. The number of amides is 1. The summed E-state index contributed by atoms with van der Waals surface area (Å²) < 4.78 is 44.2. The van der Waals surface area contributed by atoms with Gasteiger partial charge in [0.15, 0.2) is 17.3 Å². The summed E-state index contributed by atoms with van der Waals surface area (Å²) >= 11 is 6.09. The Labute approximate surface area is 251 Å². The molecule has 10 nitrogen and oxygen atoms in total. The van der Waals surface area contributed by atoms with E-state index in [4.69, 9.17) is 21.1 Å². The van der Waals surface area contributed by atoms with Gasteiger partial charge in [-0.1, -0.05) is 30.8 Å². The Morgan fingerprint density at radius 2 is 2.05 bits per heavy atom. The second kappa shape index (κ2) is 12.2. The molecule has 3 unspecified atom stereocenters. The zero-order valence-corrected chi connectivity index (χ0v) is 24.4. The number of piperazine rings is 1. The number of carbonyl (C=O) groups is 1. The molecule has 13 heteroatoms. The molecular formula is C30H30ClF2N5O5. The highest BCUT2D eigenvalue weighted by atomic mass is 35.5. The number of aliphatic hydroxyl groups excluding tert-OH is 1. The van der Waals surface area contributed by atoms with Crippen LogP contribution in [0.5, 0.6) is 5.75 Å². The van der Waals surface area contributed by atoms with E-state index in [1.54, 1.807) is 16.7 Å². The Morgan fingerprint density at radius 3 is 2.72 bits per heavy atom. The molecule has 43 heavy (non-hydrogen) atoms. The molecule has 2 aromatic heterocycles. The number of carbonyl (C=O) groups excluding carboxylic acids is 1. The van der Waals surface area contributed by atoms with Gasteiger partial charge in [-0.05, 0) is 43.7 Å². The fourth-order valence-electron chi connectivity index (χ4n) is 5.34. The fraction of sp³-hybridized carbons (Fsp3) is 0.333. The van der Waals surface area contributed by atoms with E-state index >= 15 is 8.78 Å². The van der Waals surface area contributed by atoms with Crippen molar-refractivity contribution in [2.75, 3.05) is 37.7 Å². The quantitative estimate of drug-likeness (QED) is 0.433. The SMILES string of the molecule is C=CC(=O)N1CCN(c2nc(=O)n3c4nc(c(F)cc24)-c2c(ccc(Cl)c2F)OCC(OCC)C(O)C(C=C)=C3)C(C)C1. The summed E-state index contributed by atoms with van der Waals surface area (Å²) in [6.07, 6.45) is 1.58. The van der Waals surface area contributed by atoms with Crippen molar-refractivity contribution in [3.8, 4) is 17.0 Å². The molecule has 2 aliphatic heterocycles. The van der Waals surface area contributed by atoms with Crippen LogP contribution in [-0.2, 0) is 9.53 Å². The number of nitrogens with zero attached hydrogens (tertiary/aromatic N) is 5. The minimum Gasteiger partial charge on any atom is -0.490 e. The number of aliphatic hydroxyl groups is 1. The summed E-state index contributed by atoms with van der Waals surface area (Å²) in [6, 6.07) is 3.45. The van der Waals surface area contributed by atoms with Crippen LogP contribution in [0.2, 0.25) is 5.02 Å². The molecular weight excluding hydrogens is 584 g/mol. The summed E-state index contributed by atoms with van der Waals surface area (Å²) in [5.74, 6) is -2.06. The molecule has 1 saturated heterocycles. The van der Waals surface area contributed by atoms with E-state index in [-0.39, 0.29) is 63.9 Å². The Bertz CT molecular complexity index is 1710. The molecule has 1 fully saturated rings. The van der Waals surface area contributed by atoms with Gasteiger partial charge in [0.25, 0.3) is 0 Å². The standard InChI is InChI=1S/C30H30ClF2N5O5/c1-5-17-14-38-28-18(29(35-30(38)41)37-11-10-36(13-16(37)4)23(39)6-2)12-20(32)26(34-28)24-21(9-8-19(31)25(24)33)43-15-22(27(17)40)42-7-3/h5-6,8-9,12,14,16,22,27,40H,1-2,7,10-11,13,15H2,3-4H3. The molecule has 1 aromatic carbocycles. The van der Waals surface area contributed by atoms with Crippen molar-refractivity contribution in [2.24, 2.45) is 0 Å². The average molecular weight is 614 g/mol. The third kappa shape index (κ3) is 5.53. The van der Waals surface area contributed by atoms with Gasteiger partial charge in [-0.25, -0.2) is 18.6 Å². The predicted octanol–water partition coefficient (Wildman–Crippen LogP) is 3.80. The minimum absolute atomic E-state index is 0.0615. The van der Waals surface area contributed by atoms with Crippen molar-refractivity contribution >= 4 is 40.6 Å². The van der Waals surface area contributed by atoms with Crippen molar-refractivity contribution in [3.63, 3.8) is 0 Å². The highest BCUT2D eigenvalue weighted by molar-refractivity contribution is 6.31. The van der Waals surface area contributed by atoms with Crippen LogP contribution in [0, 0.1) is 11.6 Å². The summed E-state index contributed by atoms with van der Waals surface area (Å²) in [5, 5.41) is 11.1. The van der Waals surface area contributed by atoms with Crippen LogP contribution in [0.4, 0.5) is 14.6 Å². The Kier molecular flexibility index (Phi) is 8.63. The second-order valence-corrected chi connectivity index (χ2v) is 10.5. The Balaban J connectivity index is 1.81. The lowest BCUT2D eigenvalue weighted by Gasteiger charge is -2.40. The molecule has 2 aliphatic rings. The van der Waals surface area contributed by atoms with Gasteiger partial charge in [-0.15, -0.1) is 0 Å². The van der Waals surface area contributed by atoms with Gasteiger partial charge in [-0.2, -0.15) is 4.98 Å². The number of aromatic nitrogens is 3. The lowest BCUT2D eigenvalue weighted by Crippen LogP contribution is -2.54. The first-order chi connectivity index (χ1) is 20.6. The maximum Gasteiger partial charge on any atom is 0.355 e. The van der Waals surface area contributed by atoms with Crippen molar-refractivity contribution in [1.82, 2.24) is 19.4 Å². The molecule has 0 spiro atoms. The topological polar surface area (TPSA) is 110 Å². The van der Waals surface area contributed by atoms with E-state index in [1.165, 1.54) is 30.5 Å². The van der Waals surface area contributed by atoms with Crippen LogP contribution in [0.3, 0.4) is 0 Å². The molecule has 226 valence electrons. The maximum atomic E-state index is 16.0. The number of benzene rings is 1. The third-order valence-corrected chi connectivity index (χ3v) is 7.80. The molecule has 3 atom stereocenters. The summed E-state index contributed by atoms with van der Waals surface area (Å²) in [6.45, 7) is 11.7. The van der Waals surface area contributed by atoms with E-state index in [9.17, 15) is 14.7 Å². The van der Waals surface area contributed by atoms with Crippen molar-refractivity contribution < 1.29 is 28.2 Å². The largest absolute Gasteiger partial charge is 0.490 e. The first kappa shape index (κ1) is 30.3. The van der Waals surface area contributed by atoms with Gasteiger partial charge < -0.3 is 24.4 Å². The lowest BCUT2D eigenvalue weighted by atomic mass is 10.0. The van der Waals surface area contributed by atoms with Crippen LogP contribution >= 0.6 is 11.6 Å². The van der Waals surface area contributed by atoms with E-state index in [0.717, 1.165) is 10.6 Å². The van der Waals surface area contributed by atoms with E-state index in [1.807, 2.05) is 6.92 Å². The highest BCUT2D eigenvalue weighted by Crippen LogP contribution is 2.39. The molecule has 2 bridgehead atoms. The lowest BCUT2D eigenvalue weighted by molar-refractivity contribution is -0.126. The van der Waals surface area contributed by atoms with Gasteiger partial charge in [-0.3, -0.25) is 9.36 Å². The number of fused-ring (bicyclic) bond motifs is 3. The summed E-state index contributed by atoms with van der Waals surface area (Å²) in [7, 11) is 0. The Morgan fingerprint density at radius 1 is 1.28 bits per heavy atom. The van der Waals surface area contributed by atoms with Crippen LogP contribution < -0.4 is 15.3 Å². The summed E-state index contributed by atoms with van der Waals surface area (Å²) in [5.41, 5.74) is -1.46. The fourth-order valence-corrected chi connectivity index (χ4v) is 5.50. The average Bonchev–Trinajstić information content (AvgIpc) is 2.99. The van der Waals surface area contributed by atoms with Gasteiger partial charge >= 0.3 is 5.69 Å². The van der Waals surface area contributed by atoms with Gasteiger partial charge in [0.1, 0.15) is 36.1 Å². The van der Waals surface area contributed by atoms with Crippen LogP contribution in [-0.4, -0.2) is 81.5 Å². The van der Waals surface area contributed by atoms with Crippen molar-refractivity contribution in [3.05, 3.63) is 76.2 Å². The van der Waals surface area contributed by atoms with Gasteiger partial charge in [0, 0.05) is 38.5 Å². The molecule has 5 rings (SSSR count). The maximum absolute atomic E-state index is 16.0. The number of pyridine rings is 1. The van der Waals surface area contributed by atoms with E-state index in [0.29, 0.717) is 19.6 Å². The highest BCUT2D eigenvalue weighted by Gasteiger charge is 2.32. The first-order valence-electron chi connectivity index (χ1n) is 13.6. The molecule has 0 radical (unpaired) electrons. The zero-order valence-electron chi connectivity index (χ0n) is 23.6. The molecule has 1 N–H and O–H groups in total. The van der Waals surface area contributed by atoms with Gasteiger partial charge in [0.2, 0.25) is 5.91 Å². The molecule has 1 amide bonds. The van der Waals surface area contributed by atoms with Gasteiger partial charge in [0.05, 0.1) is 16.0 Å². The monoisotopic (exact) mass is 613 g/mol. The molecule has 4 heterocycles. The number of hydrogen-bond donors (Lipinski definition) is 1. The van der Waals surface area contributed by atoms with E-state index in [2.05, 4.69) is 23.1 Å². The van der Waals surface area contributed by atoms with Crippen molar-refractivity contribution in [2.45, 2.75) is 32.1 Å². The molecule has 0 saturated carbocycles. The smallest absolute Gasteiger partial charge is 0.355 e. The van der Waals surface area contributed by atoms with Crippen LogP contribution in [0.15, 0.2) is 53.9 Å².